The van der Waals surface area contributed by atoms with Gasteiger partial charge in [0, 0.05) is 6.42 Å². The number of amides is 1. The molecule has 1 aliphatic rings. The second-order valence-electron chi connectivity index (χ2n) is 16.3. The van der Waals surface area contributed by atoms with Gasteiger partial charge in [0.25, 0.3) is 0 Å². The van der Waals surface area contributed by atoms with Gasteiger partial charge in [0.05, 0.1) is 25.4 Å². The van der Waals surface area contributed by atoms with E-state index in [-0.39, 0.29) is 18.9 Å². The second-order valence-corrected chi connectivity index (χ2v) is 17.4. The van der Waals surface area contributed by atoms with Crippen LogP contribution in [0.4, 0.5) is 0 Å². The number of aliphatic hydroxyl groups is 4. The Labute approximate surface area is 358 Å². The van der Waals surface area contributed by atoms with E-state index in [9.17, 15) is 38.2 Å². The Bertz CT molecular complexity index is 1200. The van der Waals surface area contributed by atoms with E-state index in [0.717, 1.165) is 57.8 Å². The molecule has 1 fully saturated rings. The number of hydrogen-bond acceptors (Lipinski definition) is 10. The Kier molecular flexibility index (Phi) is 34.6. The topological polar surface area (TPSA) is 192 Å². The van der Waals surface area contributed by atoms with Crippen molar-refractivity contribution in [3.05, 3.63) is 36.5 Å². The average Bonchev–Trinajstić information content (AvgIpc) is 3.20. The van der Waals surface area contributed by atoms with Crippen molar-refractivity contribution in [3.63, 3.8) is 0 Å². The number of rotatable bonds is 39. The third-order valence-corrected chi connectivity index (χ3v) is 11.4. The first-order valence-corrected chi connectivity index (χ1v) is 24.7. The van der Waals surface area contributed by atoms with Crippen LogP contribution in [0.3, 0.4) is 0 Å². The van der Waals surface area contributed by atoms with E-state index in [1.54, 1.807) is 6.08 Å². The first kappa shape index (κ1) is 55.3. The number of carbonyl (C=O) groups is 1. The molecule has 1 rings (SSSR count). The molecule has 346 valence electrons. The van der Waals surface area contributed by atoms with Crippen LogP contribution in [0.25, 0.3) is 0 Å². The highest BCUT2D eigenvalue weighted by atomic mass is 32.3. The van der Waals surface area contributed by atoms with Gasteiger partial charge in [-0.1, -0.05) is 172 Å². The molecule has 0 spiro atoms. The van der Waals surface area contributed by atoms with E-state index in [0.29, 0.717) is 6.42 Å². The van der Waals surface area contributed by atoms with Crippen molar-refractivity contribution in [2.75, 3.05) is 13.2 Å². The molecule has 7 unspecified atom stereocenters. The van der Waals surface area contributed by atoms with Crippen LogP contribution < -0.4 is 5.32 Å². The Morgan fingerprint density at radius 1 is 0.678 bits per heavy atom. The zero-order valence-corrected chi connectivity index (χ0v) is 37.6. The van der Waals surface area contributed by atoms with Gasteiger partial charge in [-0.15, -0.1) is 0 Å². The summed E-state index contributed by atoms with van der Waals surface area (Å²) in [5.41, 5.74) is 0. The first-order valence-electron chi connectivity index (χ1n) is 23.4. The second kappa shape index (κ2) is 36.9. The molecule has 12 nitrogen and oxygen atoms in total. The van der Waals surface area contributed by atoms with Crippen LogP contribution in [0, 0.1) is 0 Å². The number of unbranched alkanes of at least 4 members (excludes halogenated alkanes) is 23. The Morgan fingerprint density at radius 2 is 1.14 bits per heavy atom. The minimum atomic E-state index is -5.08. The molecule has 0 aromatic rings. The summed E-state index contributed by atoms with van der Waals surface area (Å²) in [7, 11) is -5.08. The summed E-state index contributed by atoms with van der Waals surface area (Å²) in [5.74, 6) is -0.272. The fourth-order valence-electron chi connectivity index (χ4n) is 7.25. The smallest absolute Gasteiger partial charge is 0.394 e. The van der Waals surface area contributed by atoms with Crippen molar-refractivity contribution in [1.29, 1.82) is 0 Å². The molecule has 0 bridgehead atoms. The summed E-state index contributed by atoms with van der Waals surface area (Å²) >= 11 is 0. The average molecular weight is 860 g/mol. The largest absolute Gasteiger partial charge is 0.397 e. The molecule has 59 heavy (non-hydrogen) atoms. The van der Waals surface area contributed by atoms with Crippen LogP contribution in [0.5, 0.6) is 0 Å². The van der Waals surface area contributed by atoms with Crippen molar-refractivity contribution in [1.82, 2.24) is 5.32 Å². The molecule has 1 heterocycles. The maximum absolute atomic E-state index is 13.0. The summed E-state index contributed by atoms with van der Waals surface area (Å²) in [4.78, 5) is 13.0. The van der Waals surface area contributed by atoms with Gasteiger partial charge in [-0.2, -0.15) is 8.42 Å². The summed E-state index contributed by atoms with van der Waals surface area (Å²) in [5, 5.41) is 44.7. The zero-order chi connectivity index (χ0) is 43.4. The maximum atomic E-state index is 13.0. The third-order valence-electron chi connectivity index (χ3n) is 10.9. The highest BCUT2D eigenvalue weighted by molar-refractivity contribution is 7.80. The number of allylic oxidation sites excluding steroid dienone is 5. The highest BCUT2D eigenvalue weighted by Crippen LogP contribution is 2.26. The Balaban J connectivity index is 2.53. The predicted molar refractivity (Wildman–Crippen MR) is 236 cm³/mol. The van der Waals surface area contributed by atoms with Crippen LogP contribution in [0.1, 0.15) is 194 Å². The molecule has 1 saturated heterocycles. The van der Waals surface area contributed by atoms with E-state index in [2.05, 4.69) is 47.7 Å². The molecule has 7 atom stereocenters. The zero-order valence-electron chi connectivity index (χ0n) is 36.8. The van der Waals surface area contributed by atoms with Gasteiger partial charge in [-0.3, -0.25) is 9.35 Å². The van der Waals surface area contributed by atoms with E-state index in [1.807, 2.05) is 6.08 Å². The third kappa shape index (κ3) is 30.1. The predicted octanol–water partition coefficient (Wildman–Crippen LogP) is 9.11. The number of carbonyl (C=O) groups excluding carboxylic acids is 1. The molecule has 1 aliphatic heterocycles. The molecular weight excluding hydrogens is 775 g/mol. The van der Waals surface area contributed by atoms with Crippen LogP contribution in [0.2, 0.25) is 0 Å². The number of hydrogen-bond donors (Lipinski definition) is 6. The lowest BCUT2D eigenvalue weighted by atomic mass is 9.99. The number of ether oxygens (including phenoxy) is 2. The minimum absolute atomic E-state index is 0.259. The highest BCUT2D eigenvalue weighted by Gasteiger charge is 2.48. The quantitative estimate of drug-likeness (QED) is 0.0196. The minimum Gasteiger partial charge on any atom is -0.394 e. The van der Waals surface area contributed by atoms with Gasteiger partial charge in [0.1, 0.15) is 24.4 Å². The van der Waals surface area contributed by atoms with Crippen molar-refractivity contribution in [2.45, 2.75) is 236 Å². The SMILES string of the molecule is CCCCC/C=C\C/C=C\CCCCCCCCCC(=O)NC(COC1OC(CO)C(O)C(OS(=O)(=O)O)C1O)C(O)/C=C/CCCCCCCCCCCCCCC. The standard InChI is InChI=1S/C46H85NO11S/c1-3-5-7-9-11-13-15-17-19-20-22-24-26-28-30-32-34-36-42(50)47-39(38-56-46-44(52)45(58-59(53,54)55)43(51)41(37-48)57-46)40(49)35-33-31-29-27-25-23-21-18-16-14-12-10-8-6-4-2/h11,13,17,19,33,35,39-41,43-46,48-49,51-52H,3-10,12,14-16,18,20-32,34,36-38H2,1-2H3,(H,47,50)(H,53,54,55)/b13-11-,19-17-,35-33+. The number of nitrogens with one attached hydrogen (secondary N) is 1. The Morgan fingerprint density at radius 3 is 1.64 bits per heavy atom. The lowest BCUT2D eigenvalue weighted by Crippen LogP contribution is -2.61. The van der Waals surface area contributed by atoms with Crippen molar-refractivity contribution >= 4 is 16.3 Å². The van der Waals surface area contributed by atoms with E-state index in [4.69, 9.17) is 9.47 Å². The molecule has 0 aliphatic carbocycles. The maximum Gasteiger partial charge on any atom is 0.397 e. The van der Waals surface area contributed by atoms with Crippen molar-refractivity contribution in [2.24, 2.45) is 0 Å². The van der Waals surface area contributed by atoms with Gasteiger partial charge >= 0.3 is 10.4 Å². The summed E-state index contributed by atoms with van der Waals surface area (Å²) < 4.78 is 47.6. The molecule has 1 amide bonds. The molecular formula is C46H85NO11S. The molecule has 0 radical (unpaired) electrons. The van der Waals surface area contributed by atoms with E-state index < -0.39 is 59.9 Å². The van der Waals surface area contributed by atoms with Crippen LogP contribution in [0.15, 0.2) is 36.5 Å². The molecule has 6 N–H and O–H groups in total. The molecule has 13 heteroatoms. The van der Waals surface area contributed by atoms with E-state index in [1.165, 1.54) is 109 Å². The van der Waals surface area contributed by atoms with Crippen LogP contribution in [-0.2, 0) is 28.9 Å². The Hall–Kier alpha value is -1.68. The van der Waals surface area contributed by atoms with Gasteiger partial charge in [0.2, 0.25) is 5.91 Å². The lowest BCUT2D eigenvalue weighted by Gasteiger charge is -2.41. The van der Waals surface area contributed by atoms with Gasteiger partial charge in [0.15, 0.2) is 6.29 Å². The fraction of sp³-hybridized carbons (Fsp3) is 0.848. The van der Waals surface area contributed by atoms with Gasteiger partial charge < -0.3 is 35.2 Å². The van der Waals surface area contributed by atoms with Gasteiger partial charge in [-0.25, -0.2) is 4.18 Å². The van der Waals surface area contributed by atoms with Crippen LogP contribution in [-0.4, -0.2) is 95.4 Å². The van der Waals surface area contributed by atoms with Gasteiger partial charge in [-0.05, 0) is 51.4 Å². The molecule has 0 aromatic carbocycles. The molecule has 0 aromatic heterocycles. The number of aliphatic hydroxyl groups excluding tert-OH is 4. The summed E-state index contributed by atoms with van der Waals surface area (Å²) in [6, 6.07) is -0.947. The summed E-state index contributed by atoms with van der Waals surface area (Å²) in [6.07, 6.45) is 34.6. The van der Waals surface area contributed by atoms with E-state index >= 15 is 0 Å². The normalized spacial score (nSPS) is 21.2. The lowest BCUT2D eigenvalue weighted by molar-refractivity contribution is -0.298. The fourth-order valence-corrected chi connectivity index (χ4v) is 7.76. The monoisotopic (exact) mass is 860 g/mol. The first-order chi connectivity index (χ1) is 28.5. The van der Waals surface area contributed by atoms with Crippen LogP contribution >= 0.6 is 0 Å². The van der Waals surface area contributed by atoms with Crippen molar-refractivity contribution in [3.8, 4) is 0 Å². The molecule has 0 saturated carbocycles. The van der Waals surface area contributed by atoms with Crippen molar-refractivity contribution < 1.29 is 51.8 Å². The summed E-state index contributed by atoms with van der Waals surface area (Å²) in [6.45, 7) is 3.35.